The molecule has 0 saturated carbocycles. The quantitative estimate of drug-likeness (QED) is 0.0649. The van der Waals surface area contributed by atoms with Gasteiger partial charge in [0.05, 0.1) is 38.0 Å². The van der Waals surface area contributed by atoms with Crippen LogP contribution in [0.25, 0.3) is 0 Å². The largest absolute Gasteiger partial charge is 0.508 e. The van der Waals surface area contributed by atoms with Crippen molar-refractivity contribution in [2.45, 2.75) is 49.0 Å². The van der Waals surface area contributed by atoms with Crippen LogP contribution in [0.15, 0.2) is 133 Å². The molecule has 3 aliphatic heterocycles. The number of phenolic OH excluding ortho intramolecular Hbond substituents is 1. The lowest BCUT2D eigenvalue weighted by Crippen LogP contribution is -2.54. The van der Waals surface area contributed by atoms with Gasteiger partial charge >= 0.3 is 29.9 Å². The second kappa shape index (κ2) is 17.5. The standard InChI is InChI=1S/C50H43N3O11/c1-29(31-15-7-4-8-16-31)51-49(61)52-38-27-22-30(14-13-21-36(45(57)62-2)46(58)63-3)28-37(38)50(48(52)60)39(44(55)56)41-47(59)64-42(33-19-11-6-12-20-33)40(32-17-9-5-10-18-32)53(41)43(50)34-23-25-35(54)26-24-34/h4-12,15-20,22-29,36,39-43,54H,21H2,1-3H3,(H,51,61)(H,55,56). The monoisotopic (exact) mass is 861 g/mol. The van der Waals surface area contributed by atoms with E-state index in [0.717, 1.165) is 24.7 Å². The summed E-state index contributed by atoms with van der Waals surface area (Å²) in [6, 6.07) is 32.5. The first kappa shape index (κ1) is 42.9. The number of carboxylic acid groups (broad SMARTS) is 1. The zero-order chi connectivity index (χ0) is 45.3. The van der Waals surface area contributed by atoms with Gasteiger partial charge in [-0.2, -0.15) is 0 Å². The van der Waals surface area contributed by atoms with Gasteiger partial charge < -0.3 is 29.7 Å². The summed E-state index contributed by atoms with van der Waals surface area (Å²) in [7, 11) is 2.26. The van der Waals surface area contributed by atoms with Crippen molar-refractivity contribution >= 4 is 41.5 Å². The minimum atomic E-state index is -2.24. The Balaban J connectivity index is 1.39. The Labute approximate surface area is 368 Å². The van der Waals surface area contributed by atoms with Crippen LogP contribution < -0.4 is 10.2 Å². The Morgan fingerprint density at radius 1 is 0.781 bits per heavy atom. The van der Waals surface area contributed by atoms with Crippen LogP contribution in [-0.4, -0.2) is 71.2 Å². The average molecular weight is 862 g/mol. The third kappa shape index (κ3) is 7.29. The number of aromatic hydroxyl groups is 1. The SMILES string of the molecule is COC(=O)C(CC#Cc1ccc2c(c1)C1(C(=O)N2C(=O)NC(C)c2ccccc2)C(C(=O)O)C2C(=O)OC(c3ccccc3)C(c3ccccc3)N2C1c1ccc(O)cc1)C(=O)OC. The van der Waals surface area contributed by atoms with E-state index in [1.807, 2.05) is 66.7 Å². The molecule has 2 fully saturated rings. The number of anilines is 1. The number of cyclic esters (lactones) is 1. The molecule has 0 bridgehead atoms. The molecule has 5 aromatic rings. The minimum Gasteiger partial charge on any atom is -0.508 e. The number of hydrogen-bond donors (Lipinski definition) is 3. The highest BCUT2D eigenvalue weighted by Crippen LogP contribution is 2.66. The number of fused-ring (bicyclic) bond motifs is 3. The van der Waals surface area contributed by atoms with Crippen molar-refractivity contribution in [3.63, 3.8) is 0 Å². The van der Waals surface area contributed by atoms with E-state index in [4.69, 9.17) is 14.2 Å². The van der Waals surface area contributed by atoms with Gasteiger partial charge in [-0.25, -0.2) is 9.69 Å². The van der Waals surface area contributed by atoms with Crippen LogP contribution in [0.5, 0.6) is 5.75 Å². The van der Waals surface area contributed by atoms with E-state index in [2.05, 4.69) is 17.2 Å². The molecule has 8 rings (SSSR count). The van der Waals surface area contributed by atoms with E-state index in [-0.39, 0.29) is 29.0 Å². The normalized spacial score (nSPS) is 22.7. The number of ether oxygens (including phenoxy) is 3. The van der Waals surface area contributed by atoms with E-state index in [1.165, 1.54) is 30.3 Å². The van der Waals surface area contributed by atoms with Gasteiger partial charge in [0.25, 0.3) is 0 Å². The minimum absolute atomic E-state index is 0.0504. The van der Waals surface area contributed by atoms with Crippen LogP contribution in [-0.2, 0) is 43.6 Å². The molecular weight excluding hydrogens is 819 g/mol. The Morgan fingerprint density at radius 2 is 1.38 bits per heavy atom. The first-order chi connectivity index (χ1) is 30.9. The van der Waals surface area contributed by atoms with E-state index >= 15 is 4.79 Å². The highest BCUT2D eigenvalue weighted by molar-refractivity contribution is 6.24. The molecule has 7 unspecified atom stereocenters. The summed E-state index contributed by atoms with van der Waals surface area (Å²) >= 11 is 0. The number of nitrogens with zero attached hydrogens (tertiary/aromatic N) is 2. The van der Waals surface area contributed by atoms with Crippen molar-refractivity contribution in [2.24, 2.45) is 11.8 Å². The summed E-state index contributed by atoms with van der Waals surface area (Å²) in [5.74, 6) is -2.61. The number of carboxylic acids is 1. The summed E-state index contributed by atoms with van der Waals surface area (Å²) in [5.41, 5.74) is 0.501. The van der Waals surface area contributed by atoms with Gasteiger partial charge in [-0.15, -0.1) is 0 Å². The lowest BCUT2D eigenvalue weighted by molar-refractivity contribution is -0.179. The number of carbonyl (C=O) groups is 6. The number of aliphatic carboxylic acids is 1. The highest BCUT2D eigenvalue weighted by atomic mass is 16.6. The van der Waals surface area contributed by atoms with Gasteiger partial charge in [-0.05, 0) is 65.1 Å². The maximum atomic E-state index is 16.0. The Morgan fingerprint density at radius 3 is 1.97 bits per heavy atom. The fraction of sp³-hybridized carbons (Fsp3) is 0.240. The second-order valence-corrected chi connectivity index (χ2v) is 15.8. The number of esters is 3. The van der Waals surface area contributed by atoms with Gasteiger partial charge in [-0.3, -0.25) is 28.9 Å². The first-order valence-corrected chi connectivity index (χ1v) is 20.5. The maximum absolute atomic E-state index is 16.0. The van der Waals surface area contributed by atoms with Crippen molar-refractivity contribution in [3.05, 3.63) is 167 Å². The van der Waals surface area contributed by atoms with Crippen molar-refractivity contribution in [1.82, 2.24) is 10.2 Å². The maximum Gasteiger partial charge on any atom is 0.329 e. The predicted octanol–water partition coefficient (Wildman–Crippen LogP) is 6.32. The number of nitrogens with one attached hydrogen (secondary N) is 1. The fourth-order valence-corrected chi connectivity index (χ4v) is 9.50. The van der Waals surface area contributed by atoms with E-state index in [9.17, 15) is 34.2 Å². The average Bonchev–Trinajstić information content (AvgIpc) is 3.77. The number of methoxy groups -OCH3 is 2. The number of carbonyl (C=O) groups excluding carboxylic acids is 5. The van der Waals surface area contributed by atoms with Gasteiger partial charge in [0, 0.05) is 12.0 Å². The number of rotatable bonds is 9. The summed E-state index contributed by atoms with van der Waals surface area (Å²) in [6.07, 6.45) is -1.30. The number of hydrogen-bond acceptors (Lipinski definition) is 11. The third-order valence-electron chi connectivity index (χ3n) is 12.3. The lowest BCUT2D eigenvalue weighted by Gasteiger charge is -2.46. The second-order valence-electron chi connectivity index (χ2n) is 15.8. The Bertz CT molecular complexity index is 2670. The molecule has 0 aliphatic carbocycles. The van der Waals surface area contributed by atoms with Crippen molar-refractivity contribution in [2.75, 3.05) is 19.1 Å². The fourth-order valence-electron chi connectivity index (χ4n) is 9.50. The van der Waals surface area contributed by atoms with Gasteiger partial charge in [-0.1, -0.05) is 115 Å². The topological polar surface area (TPSA) is 189 Å². The molecule has 0 radical (unpaired) electrons. The van der Waals surface area contributed by atoms with Crippen LogP contribution in [0.3, 0.4) is 0 Å². The van der Waals surface area contributed by atoms with Crippen LogP contribution in [0.1, 0.15) is 71.0 Å². The van der Waals surface area contributed by atoms with Crippen LogP contribution in [0.4, 0.5) is 10.5 Å². The van der Waals surface area contributed by atoms with Gasteiger partial charge in [0.15, 0.2) is 5.92 Å². The first-order valence-electron chi connectivity index (χ1n) is 20.5. The molecule has 3 amide bonds. The molecule has 2 saturated heterocycles. The number of phenols is 1. The molecule has 14 heteroatoms. The molecule has 64 heavy (non-hydrogen) atoms. The molecule has 3 N–H and O–H groups in total. The Kier molecular flexibility index (Phi) is 11.8. The summed E-state index contributed by atoms with van der Waals surface area (Å²) in [4.78, 5) is 87.4. The molecule has 14 nitrogen and oxygen atoms in total. The zero-order valence-corrected chi connectivity index (χ0v) is 34.9. The Hall–Kier alpha value is -7.76. The summed E-state index contributed by atoms with van der Waals surface area (Å²) < 4.78 is 15.9. The molecular formula is C50H43N3O11. The molecule has 3 aliphatic rings. The van der Waals surface area contributed by atoms with E-state index < -0.39 is 83.3 Å². The summed E-state index contributed by atoms with van der Waals surface area (Å²) in [5, 5.41) is 25.1. The van der Waals surface area contributed by atoms with Crippen LogP contribution in [0.2, 0.25) is 0 Å². The predicted molar refractivity (Wildman–Crippen MR) is 230 cm³/mol. The molecule has 7 atom stereocenters. The molecule has 1 spiro atoms. The van der Waals surface area contributed by atoms with Crippen LogP contribution >= 0.6 is 0 Å². The number of benzene rings is 5. The number of amides is 3. The molecule has 0 aromatic heterocycles. The third-order valence-corrected chi connectivity index (χ3v) is 12.3. The smallest absolute Gasteiger partial charge is 0.329 e. The highest BCUT2D eigenvalue weighted by Gasteiger charge is 2.76. The van der Waals surface area contributed by atoms with Gasteiger partial charge in [0.2, 0.25) is 5.91 Å². The van der Waals surface area contributed by atoms with Crippen molar-refractivity contribution in [1.29, 1.82) is 0 Å². The molecule has 324 valence electrons. The number of imide groups is 1. The number of urea groups is 1. The molecule has 3 heterocycles. The zero-order valence-electron chi connectivity index (χ0n) is 34.9. The van der Waals surface area contributed by atoms with Gasteiger partial charge in [0.1, 0.15) is 29.2 Å². The van der Waals surface area contributed by atoms with Crippen LogP contribution in [0, 0.1) is 23.7 Å². The number of morpholine rings is 1. The van der Waals surface area contributed by atoms with E-state index in [1.54, 1.807) is 48.2 Å². The van der Waals surface area contributed by atoms with Crippen molar-refractivity contribution in [3.8, 4) is 17.6 Å². The molecule has 5 aromatic carbocycles. The lowest BCUT2D eigenvalue weighted by atomic mass is 9.65. The summed E-state index contributed by atoms with van der Waals surface area (Å²) in [6.45, 7) is 1.75. The van der Waals surface area contributed by atoms with E-state index in [0.29, 0.717) is 16.7 Å². The van der Waals surface area contributed by atoms with Crippen molar-refractivity contribution < 1.29 is 53.2 Å².